The first kappa shape index (κ1) is 18.1. The monoisotopic (exact) mass is 434 g/mol. The Kier molecular flexibility index (Phi) is 5.57. The summed E-state index contributed by atoms with van der Waals surface area (Å²) in [5.41, 5.74) is 2.61. The quantitative estimate of drug-likeness (QED) is 0.519. The van der Waals surface area contributed by atoms with Crippen LogP contribution in [0.1, 0.15) is 22.2 Å². The number of benzene rings is 2. The van der Waals surface area contributed by atoms with Gasteiger partial charge in [0.05, 0.1) is 16.3 Å². The molecular formula is C19H16BrClN2OS. The predicted molar refractivity (Wildman–Crippen MR) is 107 cm³/mol. The molecular weight excluding hydrogens is 420 g/mol. The average Bonchev–Trinajstić information content (AvgIpc) is 2.91. The summed E-state index contributed by atoms with van der Waals surface area (Å²) >= 11 is 11.1. The molecule has 3 nitrogen and oxygen atoms in total. The van der Waals surface area contributed by atoms with E-state index in [1.807, 2.05) is 26.0 Å². The van der Waals surface area contributed by atoms with Gasteiger partial charge in [0, 0.05) is 15.9 Å². The van der Waals surface area contributed by atoms with Gasteiger partial charge in [-0.25, -0.2) is 0 Å². The second-order valence-corrected chi connectivity index (χ2v) is 7.94. The van der Waals surface area contributed by atoms with Crippen molar-refractivity contribution < 1.29 is 4.79 Å². The third kappa shape index (κ3) is 3.78. The Morgan fingerprint density at radius 1 is 1.20 bits per heavy atom. The van der Waals surface area contributed by atoms with E-state index < -0.39 is 0 Å². The van der Waals surface area contributed by atoms with Gasteiger partial charge in [-0.2, -0.15) is 4.99 Å². The number of aryl methyl sites for hydroxylation is 1. The van der Waals surface area contributed by atoms with Gasteiger partial charge in [0.15, 0.2) is 4.80 Å². The fraction of sp³-hybridized carbons (Fsp3) is 0.158. The molecule has 0 aliphatic rings. The van der Waals surface area contributed by atoms with Crippen molar-refractivity contribution in [3.05, 3.63) is 73.3 Å². The molecule has 0 bridgehead atoms. The Morgan fingerprint density at radius 3 is 2.52 bits per heavy atom. The summed E-state index contributed by atoms with van der Waals surface area (Å²) in [7, 11) is 0. The normalized spacial score (nSPS) is 11.8. The summed E-state index contributed by atoms with van der Waals surface area (Å²) in [4.78, 5) is 18.7. The lowest BCUT2D eigenvalue weighted by atomic mass is 10.1. The van der Waals surface area contributed by atoms with E-state index in [1.54, 1.807) is 24.3 Å². The number of amides is 1. The highest BCUT2D eigenvalue weighted by molar-refractivity contribution is 9.10. The van der Waals surface area contributed by atoms with Gasteiger partial charge in [0.25, 0.3) is 5.91 Å². The molecule has 0 saturated carbocycles. The molecule has 25 heavy (non-hydrogen) atoms. The number of hydrogen-bond acceptors (Lipinski definition) is 2. The summed E-state index contributed by atoms with van der Waals surface area (Å²) < 4.78 is 3.10. The number of thiazole rings is 1. The number of aromatic nitrogens is 1. The molecule has 0 saturated heterocycles. The maximum atomic E-state index is 12.5. The summed E-state index contributed by atoms with van der Waals surface area (Å²) in [6.07, 6.45) is 0. The highest BCUT2D eigenvalue weighted by atomic mass is 79.9. The van der Waals surface area contributed by atoms with E-state index in [9.17, 15) is 4.79 Å². The molecule has 0 aliphatic heterocycles. The standard InChI is InChI=1S/C19H16BrClN2OS/c1-3-23-17(13-8-10-14(20)11-9-13)12(2)25-19(23)22-18(24)15-6-4-5-7-16(15)21/h4-11H,3H2,1-2H3. The van der Waals surface area contributed by atoms with Gasteiger partial charge < -0.3 is 4.57 Å². The number of hydrogen-bond donors (Lipinski definition) is 0. The molecule has 0 spiro atoms. The highest BCUT2D eigenvalue weighted by Crippen LogP contribution is 2.27. The van der Waals surface area contributed by atoms with E-state index in [0.29, 0.717) is 15.4 Å². The SMILES string of the molecule is CCn1c(-c2ccc(Br)cc2)c(C)sc1=NC(=O)c1ccccc1Cl. The zero-order valence-corrected chi connectivity index (χ0v) is 17.0. The van der Waals surface area contributed by atoms with E-state index in [-0.39, 0.29) is 5.91 Å². The van der Waals surface area contributed by atoms with Crippen molar-refractivity contribution in [3.8, 4) is 11.3 Å². The largest absolute Gasteiger partial charge is 0.316 e. The zero-order valence-electron chi connectivity index (χ0n) is 13.8. The molecule has 0 unspecified atom stereocenters. The van der Waals surface area contributed by atoms with Gasteiger partial charge in [-0.15, -0.1) is 11.3 Å². The van der Waals surface area contributed by atoms with Crippen LogP contribution in [-0.4, -0.2) is 10.5 Å². The van der Waals surface area contributed by atoms with E-state index >= 15 is 0 Å². The van der Waals surface area contributed by atoms with Gasteiger partial charge in [0.2, 0.25) is 0 Å². The first-order chi connectivity index (χ1) is 12.0. The summed E-state index contributed by atoms with van der Waals surface area (Å²) in [5, 5.41) is 0.417. The van der Waals surface area contributed by atoms with E-state index in [1.165, 1.54) is 11.3 Å². The van der Waals surface area contributed by atoms with Crippen molar-refractivity contribution in [2.75, 3.05) is 0 Å². The molecule has 3 aromatic rings. The Balaban J connectivity index is 2.12. The van der Waals surface area contributed by atoms with E-state index in [2.05, 4.69) is 37.6 Å². The molecule has 1 heterocycles. The minimum Gasteiger partial charge on any atom is -0.316 e. The average molecular weight is 436 g/mol. The number of carbonyl (C=O) groups excluding carboxylic acids is 1. The predicted octanol–water partition coefficient (Wildman–Crippen LogP) is 5.70. The van der Waals surface area contributed by atoms with Crippen LogP contribution in [0.4, 0.5) is 0 Å². The molecule has 0 fully saturated rings. The first-order valence-corrected chi connectivity index (χ1v) is 9.79. The molecule has 0 radical (unpaired) electrons. The second-order valence-electron chi connectivity index (χ2n) is 5.44. The van der Waals surface area contributed by atoms with Crippen LogP contribution >= 0.6 is 38.9 Å². The molecule has 6 heteroatoms. The van der Waals surface area contributed by atoms with Crippen LogP contribution in [0.5, 0.6) is 0 Å². The molecule has 1 amide bonds. The van der Waals surface area contributed by atoms with Crippen LogP contribution < -0.4 is 4.80 Å². The summed E-state index contributed by atoms with van der Waals surface area (Å²) in [5.74, 6) is -0.323. The topological polar surface area (TPSA) is 34.4 Å². The molecule has 3 rings (SSSR count). The molecule has 1 aromatic heterocycles. The lowest BCUT2D eigenvalue weighted by Gasteiger charge is -2.08. The van der Waals surface area contributed by atoms with Crippen molar-refractivity contribution >= 4 is 44.8 Å². The third-order valence-electron chi connectivity index (χ3n) is 3.81. The molecule has 0 aliphatic carbocycles. The molecule has 0 N–H and O–H groups in total. The van der Waals surface area contributed by atoms with Crippen molar-refractivity contribution in [3.63, 3.8) is 0 Å². The summed E-state index contributed by atoms with van der Waals surface area (Å²) in [6, 6.07) is 15.1. The van der Waals surface area contributed by atoms with Crippen LogP contribution in [0.15, 0.2) is 58.0 Å². The molecule has 2 aromatic carbocycles. The fourth-order valence-corrected chi connectivity index (χ4v) is 4.19. The second kappa shape index (κ2) is 7.68. The maximum Gasteiger partial charge on any atom is 0.281 e. The smallest absolute Gasteiger partial charge is 0.281 e. The number of rotatable bonds is 3. The Hall–Kier alpha value is -1.69. The zero-order chi connectivity index (χ0) is 18.0. The Morgan fingerprint density at radius 2 is 1.88 bits per heavy atom. The number of halogens is 2. The van der Waals surface area contributed by atoms with Crippen LogP contribution in [0.25, 0.3) is 11.3 Å². The lowest BCUT2D eigenvalue weighted by molar-refractivity contribution is 0.0998. The first-order valence-electron chi connectivity index (χ1n) is 7.81. The van der Waals surface area contributed by atoms with E-state index in [4.69, 9.17) is 11.6 Å². The summed E-state index contributed by atoms with van der Waals surface area (Å²) in [6.45, 7) is 4.82. The Bertz CT molecular complexity index is 989. The minimum absolute atomic E-state index is 0.323. The Labute approximate surface area is 163 Å². The van der Waals surface area contributed by atoms with Crippen molar-refractivity contribution in [1.29, 1.82) is 0 Å². The van der Waals surface area contributed by atoms with Crippen molar-refractivity contribution in [2.45, 2.75) is 20.4 Å². The van der Waals surface area contributed by atoms with Gasteiger partial charge >= 0.3 is 0 Å². The van der Waals surface area contributed by atoms with Gasteiger partial charge in [-0.05, 0) is 43.7 Å². The minimum atomic E-state index is -0.323. The van der Waals surface area contributed by atoms with Gasteiger partial charge in [0.1, 0.15) is 0 Å². The van der Waals surface area contributed by atoms with Gasteiger partial charge in [-0.1, -0.05) is 51.8 Å². The number of nitrogens with zero attached hydrogens (tertiary/aromatic N) is 2. The van der Waals surface area contributed by atoms with Crippen molar-refractivity contribution in [1.82, 2.24) is 4.57 Å². The van der Waals surface area contributed by atoms with Crippen LogP contribution in [-0.2, 0) is 6.54 Å². The van der Waals surface area contributed by atoms with Crippen molar-refractivity contribution in [2.24, 2.45) is 4.99 Å². The fourth-order valence-electron chi connectivity index (χ4n) is 2.65. The molecule has 128 valence electrons. The van der Waals surface area contributed by atoms with Crippen LogP contribution in [0, 0.1) is 6.92 Å². The van der Waals surface area contributed by atoms with Gasteiger partial charge in [-0.3, -0.25) is 4.79 Å². The molecule has 0 atom stereocenters. The van der Waals surface area contributed by atoms with Crippen LogP contribution in [0.3, 0.4) is 0 Å². The maximum absolute atomic E-state index is 12.5. The number of carbonyl (C=O) groups is 1. The third-order valence-corrected chi connectivity index (χ3v) is 5.67. The lowest BCUT2D eigenvalue weighted by Crippen LogP contribution is -2.17. The highest BCUT2D eigenvalue weighted by Gasteiger charge is 2.14. The van der Waals surface area contributed by atoms with E-state index in [0.717, 1.165) is 27.2 Å². The van der Waals surface area contributed by atoms with Crippen LogP contribution in [0.2, 0.25) is 5.02 Å².